The number of halogens is 3. The predicted molar refractivity (Wildman–Crippen MR) is 103 cm³/mol. The molecule has 2 aromatic rings. The van der Waals surface area contributed by atoms with E-state index < -0.39 is 34.9 Å². The first kappa shape index (κ1) is 22.3. The van der Waals surface area contributed by atoms with Crippen molar-refractivity contribution < 1.29 is 37.7 Å². The van der Waals surface area contributed by atoms with E-state index in [0.29, 0.717) is 30.2 Å². The molecule has 7 nitrogen and oxygen atoms in total. The van der Waals surface area contributed by atoms with Crippen LogP contribution < -0.4 is 10.6 Å². The van der Waals surface area contributed by atoms with E-state index in [0.717, 1.165) is 24.3 Å². The first-order chi connectivity index (χ1) is 14.5. The first-order valence-corrected chi connectivity index (χ1v) is 9.15. The Morgan fingerprint density at radius 2 is 1.74 bits per heavy atom. The summed E-state index contributed by atoms with van der Waals surface area (Å²) in [6.45, 7) is 0.0888. The van der Waals surface area contributed by atoms with Gasteiger partial charge in [0.05, 0.1) is 17.7 Å². The van der Waals surface area contributed by atoms with Crippen LogP contribution in [0.25, 0.3) is 0 Å². The number of carboxylic acid groups (broad SMARTS) is 2. The summed E-state index contributed by atoms with van der Waals surface area (Å²) < 4.78 is 44.8. The molecule has 0 aliphatic carbocycles. The number of ether oxygens (including phenoxy) is 1. The number of alkyl halides is 3. The lowest BCUT2D eigenvalue weighted by Gasteiger charge is -2.37. The third-order valence-corrected chi connectivity index (χ3v) is 4.95. The topological polar surface area (TPSA) is 113 Å². The van der Waals surface area contributed by atoms with Crippen molar-refractivity contribution in [3.05, 3.63) is 76.9 Å². The molecule has 4 N–H and O–H groups in total. The van der Waals surface area contributed by atoms with Crippen LogP contribution in [0.1, 0.15) is 16.7 Å². The molecule has 0 fully saturated rings. The number of hydrogen-bond acceptors (Lipinski definition) is 5. The van der Waals surface area contributed by atoms with Crippen molar-refractivity contribution in [1.29, 1.82) is 0 Å². The third-order valence-electron chi connectivity index (χ3n) is 4.95. The molecule has 0 aromatic heterocycles. The van der Waals surface area contributed by atoms with E-state index in [1.165, 1.54) is 5.01 Å². The molecule has 10 heteroatoms. The zero-order chi connectivity index (χ0) is 22.8. The minimum absolute atomic E-state index is 0.0735. The second kappa shape index (κ2) is 8.40. The van der Waals surface area contributed by atoms with Crippen LogP contribution in [0.15, 0.2) is 60.2 Å². The number of nitrogens with two attached hydrogens (primary N) is 1. The molecule has 1 atom stereocenters. The molecule has 0 radical (unpaired) electrons. The number of hydrogen-bond donors (Lipinski definition) is 3. The lowest BCUT2D eigenvalue weighted by atomic mass is 9.82. The van der Waals surface area contributed by atoms with Crippen molar-refractivity contribution >= 4 is 11.9 Å². The predicted octanol–water partition coefficient (Wildman–Crippen LogP) is 2.81. The highest BCUT2D eigenvalue weighted by Gasteiger charge is 2.47. The molecule has 2 aromatic carbocycles. The van der Waals surface area contributed by atoms with Crippen LogP contribution in [0, 0.1) is 0 Å². The minimum atomic E-state index is -4.56. The minimum Gasteiger partial charge on any atom is -0.478 e. The van der Waals surface area contributed by atoms with E-state index in [9.17, 15) is 33.0 Å². The van der Waals surface area contributed by atoms with E-state index in [-0.39, 0.29) is 12.3 Å². The average molecular weight is 436 g/mol. The van der Waals surface area contributed by atoms with Gasteiger partial charge in [0.2, 0.25) is 0 Å². The Kier molecular flexibility index (Phi) is 6.05. The van der Waals surface area contributed by atoms with Gasteiger partial charge in [0.15, 0.2) is 5.60 Å². The zero-order valence-corrected chi connectivity index (χ0v) is 16.1. The van der Waals surface area contributed by atoms with Gasteiger partial charge in [0.1, 0.15) is 5.75 Å². The molecule has 31 heavy (non-hydrogen) atoms. The molecular weight excluding hydrogens is 417 g/mol. The Morgan fingerprint density at radius 1 is 1.10 bits per heavy atom. The first-order valence-electron chi connectivity index (χ1n) is 9.15. The zero-order valence-electron chi connectivity index (χ0n) is 16.1. The van der Waals surface area contributed by atoms with Crippen molar-refractivity contribution in [1.82, 2.24) is 5.01 Å². The number of hydrazine groups is 1. The van der Waals surface area contributed by atoms with Crippen LogP contribution in [-0.4, -0.2) is 40.3 Å². The Bertz CT molecular complexity index is 1020. The lowest BCUT2D eigenvalue weighted by molar-refractivity contribution is -0.137. The van der Waals surface area contributed by atoms with Crippen molar-refractivity contribution in [2.45, 2.75) is 18.2 Å². The van der Waals surface area contributed by atoms with E-state index in [2.05, 4.69) is 0 Å². The SMILES string of the molecule is NN1CCc2ccccc2C(Oc2ccc(C(F)(F)F)cc2)(C(=CC(=O)O)C(=O)O)C1. The monoisotopic (exact) mass is 436 g/mol. The largest absolute Gasteiger partial charge is 0.478 e. The molecule has 0 bridgehead atoms. The molecule has 0 amide bonds. The van der Waals surface area contributed by atoms with Gasteiger partial charge >= 0.3 is 18.1 Å². The smallest absolute Gasteiger partial charge is 0.416 e. The molecule has 1 heterocycles. The highest BCUT2D eigenvalue weighted by atomic mass is 19.4. The summed E-state index contributed by atoms with van der Waals surface area (Å²) in [5.41, 5.74) is -2.34. The van der Waals surface area contributed by atoms with Gasteiger partial charge in [0, 0.05) is 18.2 Å². The van der Waals surface area contributed by atoms with Gasteiger partial charge < -0.3 is 14.9 Å². The number of carboxylic acids is 2. The third kappa shape index (κ3) is 4.70. The Labute approximate surface area is 175 Å². The summed E-state index contributed by atoms with van der Waals surface area (Å²) in [6.07, 6.45) is -3.61. The van der Waals surface area contributed by atoms with E-state index in [4.69, 9.17) is 10.6 Å². The van der Waals surface area contributed by atoms with Gasteiger partial charge in [-0.25, -0.2) is 14.6 Å². The fraction of sp³-hybridized carbons (Fsp3) is 0.238. The van der Waals surface area contributed by atoms with Gasteiger partial charge in [-0.15, -0.1) is 0 Å². The lowest BCUT2D eigenvalue weighted by Crippen LogP contribution is -2.50. The number of aliphatic carboxylic acids is 2. The second-order valence-corrected chi connectivity index (χ2v) is 7.03. The van der Waals surface area contributed by atoms with Crippen LogP contribution in [0.2, 0.25) is 0 Å². The normalized spacial score (nSPS) is 19.9. The maximum absolute atomic E-state index is 12.9. The quantitative estimate of drug-likeness (QED) is 0.488. The molecular formula is C21H19F3N2O5. The van der Waals surface area contributed by atoms with Gasteiger partial charge in [-0.2, -0.15) is 13.2 Å². The fourth-order valence-corrected chi connectivity index (χ4v) is 3.61. The van der Waals surface area contributed by atoms with Crippen molar-refractivity contribution in [2.24, 2.45) is 5.84 Å². The van der Waals surface area contributed by atoms with Gasteiger partial charge in [-0.05, 0) is 36.2 Å². The number of fused-ring (bicyclic) bond motifs is 1. The number of benzene rings is 2. The summed E-state index contributed by atoms with van der Waals surface area (Å²) >= 11 is 0. The number of nitrogens with zero attached hydrogens (tertiary/aromatic N) is 1. The summed E-state index contributed by atoms with van der Waals surface area (Å²) in [7, 11) is 0. The summed E-state index contributed by atoms with van der Waals surface area (Å²) in [4.78, 5) is 23.5. The Morgan fingerprint density at radius 3 is 2.32 bits per heavy atom. The van der Waals surface area contributed by atoms with Crippen LogP contribution in [-0.2, 0) is 27.8 Å². The maximum atomic E-state index is 12.9. The molecule has 164 valence electrons. The van der Waals surface area contributed by atoms with Gasteiger partial charge in [-0.1, -0.05) is 24.3 Å². The van der Waals surface area contributed by atoms with Crippen LogP contribution in [0.5, 0.6) is 5.75 Å². The molecule has 0 saturated carbocycles. The molecule has 1 aliphatic rings. The van der Waals surface area contributed by atoms with Crippen molar-refractivity contribution in [3.8, 4) is 5.75 Å². The van der Waals surface area contributed by atoms with Gasteiger partial charge in [-0.3, -0.25) is 5.84 Å². The summed E-state index contributed by atoms with van der Waals surface area (Å²) in [6, 6.07) is 10.4. The molecule has 1 unspecified atom stereocenters. The average Bonchev–Trinajstić information content (AvgIpc) is 2.83. The maximum Gasteiger partial charge on any atom is 0.416 e. The second-order valence-electron chi connectivity index (χ2n) is 7.03. The summed E-state index contributed by atoms with van der Waals surface area (Å²) in [5, 5.41) is 20.4. The molecule has 0 spiro atoms. The Hall–Kier alpha value is -3.37. The van der Waals surface area contributed by atoms with E-state index in [1.54, 1.807) is 24.3 Å². The van der Waals surface area contributed by atoms with E-state index >= 15 is 0 Å². The molecule has 3 rings (SSSR count). The molecule has 1 aliphatic heterocycles. The van der Waals surface area contributed by atoms with Crippen LogP contribution >= 0.6 is 0 Å². The standard InChI is InChI=1S/C21H19F3N2O5/c22-21(23,24)14-5-7-15(8-6-14)31-20(17(19(29)30)11-18(27)28)12-26(25)10-9-13-3-1-2-4-16(13)20/h1-8,11H,9-10,12,25H2,(H,27,28)(H,29,30). The number of rotatable bonds is 5. The highest BCUT2D eigenvalue weighted by Crippen LogP contribution is 2.40. The number of carbonyl (C=O) groups is 2. The van der Waals surface area contributed by atoms with Crippen LogP contribution in [0.4, 0.5) is 13.2 Å². The summed E-state index contributed by atoms with van der Waals surface area (Å²) in [5.74, 6) is 2.89. The highest BCUT2D eigenvalue weighted by molar-refractivity contribution is 5.97. The van der Waals surface area contributed by atoms with Crippen molar-refractivity contribution in [2.75, 3.05) is 13.1 Å². The van der Waals surface area contributed by atoms with Crippen molar-refractivity contribution in [3.63, 3.8) is 0 Å². The fourth-order valence-electron chi connectivity index (χ4n) is 3.61. The van der Waals surface area contributed by atoms with Crippen LogP contribution in [0.3, 0.4) is 0 Å². The Balaban J connectivity index is 2.22. The van der Waals surface area contributed by atoms with Gasteiger partial charge in [0.25, 0.3) is 0 Å². The van der Waals surface area contributed by atoms with E-state index in [1.807, 2.05) is 0 Å². The molecule has 0 saturated heterocycles.